The first kappa shape index (κ1) is 21.7. The zero-order chi connectivity index (χ0) is 20.9. The number of benzene rings is 2. The van der Waals surface area contributed by atoms with Crippen LogP contribution in [0.25, 0.3) is 0 Å². The Labute approximate surface area is 176 Å². The van der Waals surface area contributed by atoms with Crippen molar-refractivity contribution in [3.63, 3.8) is 0 Å². The zero-order valence-electron chi connectivity index (χ0n) is 16.1. The first-order chi connectivity index (χ1) is 14.2. The number of ether oxygens (including phenoxy) is 1. The molecule has 0 aliphatic rings. The van der Waals surface area contributed by atoms with Crippen molar-refractivity contribution < 1.29 is 4.74 Å². The molecule has 29 heavy (non-hydrogen) atoms. The van der Waals surface area contributed by atoms with Crippen molar-refractivity contribution in [2.45, 2.75) is 12.8 Å². The highest BCUT2D eigenvalue weighted by molar-refractivity contribution is 7.80. The molecular formula is C21H22N6OS. The second-order valence-electron chi connectivity index (χ2n) is 5.95. The molecule has 0 radical (unpaired) electrons. The van der Waals surface area contributed by atoms with Gasteiger partial charge >= 0.3 is 0 Å². The fraction of sp³-hybridized carbons (Fsp3) is 0.238. The lowest BCUT2D eigenvalue weighted by molar-refractivity contribution is 0.415. The number of thiocarbonyl (C=S) groups is 1. The van der Waals surface area contributed by atoms with Crippen LogP contribution in [0.5, 0.6) is 5.75 Å². The lowest BCUT2D eigenvalue weighted by Gasteiger charge is -2.22. The van der Waals surface area contributed by atoms with Gasteiger partial charge in [-0.25, -0.2) is 0 Å². The lowest BCUT2D eigenvalue weighted by Crippen LogP contribution is -2.25. The normalized spacial score (nSPS) is 10.0. The molecule has 0 aromatic heterocycles. The van der Waals surface area contributed by atoms with Crippen LogP contribution in [0.15, 0.2) is 53.6 Å². The molecule has 8 heteroatoms. The van der Waals surface area contributed by atoms with Crippen LogP contribution in [-0.2, 0) is 0 Å². The number of hydrogen-bond donors (Lipinski definition) is 2. The van der Waals surface area contributed by atoms with Crippen LogP contribution in [0, 0.1) is 22.7 Å². The van der Waals surface area contributed by atoms with Crippen molar-refractivity contribution in [1.82, 2.24) is 5.43 Å². The van der Waals surface area contributed by atoms with Gasteiger partial charge in [-0.1, -0.05) is 12.1 Å². The van der Waals surface area contributed by atoms with Gasteiger partial charge in [-0.15, -0.1) is 0 Å². The molecule has 2 N–H and O–H groups in total. The van der Waals surface area contributed by atoms with Gasteiger partial charge in [0, 0.05) is 24.5 Å². The number of nitrogens with zero attached hydrogens (tertiary/aromatic N) is 4. The molecule has 7 nitrogen and oxygen atoms in total. The van der Waals surface area contributed by atoms with Gasteiger partial charge in [-0.2, -0.15) is 15.6 Å². The van der Waals surface area contributed by atoms with Crippen LogP contribution in [0.3, 0.4) is 0 Å². The van der Waals surface area contributed by atoms with E-state index in [1.165, 1.54) is 0 Å². The summed E-state index contributed by atoms with van der Waals surface area (Å²) in [6.07, 6.45) is 2.50. The van der Waals surface area contributed by atoms with Gasteiger partial charge in [-0.05, 0) is 54.2 Å². The largest absolute Gasteiger partial charge is 0.497 e. The van der Waals surface area contributed by atoms with Crippen molar-refractivity contribution in [2.75, 3.05) is 30.4 Å². The molecule has 0 heterocycles. The van der Waals surface area contributed by atoms with Crippen molar-refractivity contribution in [1.29, 1.82) is 10.5 Å². The molecule has 2 rings (SSSR count). The molecule has 0 spiro atoms. The minimum Gasteiger partial charge on any atom is -0.497 e. The molecule has 0 bridgehead atoms. The summed E-state index contributed by atoms with van der Waals surface area (Å²) in [6.45, 7) is 1.19. The number of nitrogens with one attached hydrogen (secondary N) is 2. The molecule has 2 aromatic rings. The van der Waals surface area contributed by atoms with E-state index in [1.54, 1.807) is 13.3 Å². The Balaban J connectivity index is 1.88. The van der Waals surface area contributed by atoms with Crippen LogP contribution >= 0.6 is 12.2 Å². The first-order valence-electron chi connectivity index (χ1n) is 8.99. The van der Waals surface area contributed by atoms with Gasteiger partial charge in [-0.3, -0.25) is 5.43 Å². The van der Waals surface area contributed by atoms with Crippen LogP contribution in [0.2, 0.25) is 0 Å². The number of hydrazone groups is 1. The third-order valence-electron chi connectivity index (χ3n) is 3.97. The second kappa shape index (κ2) is 12.0. The summed E-state index contributed by atoms with van der Waals surface area (Å²) in [5.74, 6) is 0.773. The highest BCUT2D eigenvalue weighted by atomic mass is 32.1. The van der Waals surface area contributed by atoms with Crippen LogP contribution in [0.4, 0.5) is 11.4 Å². The highest BCUT2D eigenvalue weighted by Gasteiger charge is 2.05. The summed E-state index contributed by atoms with van der Waals surface area (Å²) in [4.78, 5) is 2.03. The average molecular weight is 407 g/mol. The quantitative estimate of drug-likeness (QED) is 0.373. The maximum absolute atomic E-state index is 8.80. The molecule has 0 fully saturated rings. The van der Waals surface area contributed by atoms with Gasteiger partial charge in [0.15, 0.2) is 5.11 Å². The number of nitriles is 2. The summed E-state index contributed by atoms with van der Waals surface area (Å²) in [6, 6.07) is 19.4. The second-order valence-corrected chi connectivity index (χ2v) is 6.36. The SMILES string of the molecule is COc1ccc(NC(=S)NN=Cc2ccc(N(CCC#N)CCC#N)cc2)cc1. The minimum absolute atomic E-state index is 0.377. The van der Waals surface area contributed by atoms with Crippen LogP contribution in [-0.4, -0.2) is 31.5 Å². The molecule has 0 unspecified atom stereocenters. The molecule has 0 aliphatic carbocycles. The standard InChI is InChI=1S/C21H22N6OS/c1-28-20-10-6-18(7-11-20)25-21(29)26-24-16-17-4-8-19(9-5-17)27(14-2-12-22)15-3-13-23/h4-11,16H,2-3,14-15H2,1H3,(H2,25,26,29). The Hall–Kier alpha value is -3.62. The monoisotopic (exact) mass is 406 g/mol. The molecule has 148 valence electrons. The van der Waals surface area contributed by atoms with E-state index in [0.717, 1.165) is 22.7 Å². The molecular weight excluding hydrogens is 384 g/mol. The molecule has 0 atom stereocenters. The molecule has 0 aliphatic heterocycles. The third kappa shape index (κ3) is 7.49. The van der Waals surface area contributed by atoms with Crippen molar-refractivity contribution in [3.05, 3.63) is 54.1 Å². The fourth-order valence-corrected chi connectivity index (χ4v) is 2.68. The van der Waals surface area contributed by atoms with Gasteiger partial charge < -0.3 is 15.0 Å². The number of rotatable bonds is 9. The minimum atomic E-state index is 0.377. The Morgan fingerprint density at radius 3 is 2.24 bits per heavy atom. The van der Waals surface area contributed by atoms with Crippen molar-refractivity contribution in [3.8, 4) is 17.9 Å². The van der Waals surface area contributed by atoms with Crippen LogP contribution < -0.4 is 20.4 Å². The number of anilines is 2. The van der Waals surface area contributed by atoms with E-state index in [2.05, 4.69) is 28.0 Å². The predicted octanol–water partition coefficient (Wildman–Crippen LogP) is 3.65. The first-order valence-corrected chi connectivity index (χ1v) is 9.40. The van der Waals surface area contributed by atoms with Gasteiger partial charge in [0.1, 0.15) is 5.75 Å². The van der Waals surface area contributed by atoms with Crippen molar-refractivity contribution >= 4 is 34.9 Å². The van der Waals surface area contributed by atoms with E-state index >= 15 is 0 Å². The summed E-state index contributed by atoms with van der Waals surface area (Å²) in [5.41, 5.74) is 5.48. The zero-order valence-corrected chi connectivity index (χ0v) is 16.9. The number of methoxy groups -OCH3 is 1. The smallest absolute Gasteiger partial charge is 0.191 e. The van der Waals surface area contributed by atoms with Gasteiger partial charge in [0.2, 0.25) is 0 Å². The molecule has 2 aromatic carbocycles. The molecule has 0 saturated carbocycles. The maximum Gasteiger partial charge on any atom is 0.191 e. The van der Waals surface area contributed by atoms with E-state index in [1.807, 2.05) is 53.4 Å². The topological polar surface area (TPSA) is 96.5 Å². The number of hydrogen-bond acceptors (Lipinski definition) is 6. The van der Waals surface area contributed by atoms with E-state index in [0.29, 0.717) is 31.0 Å². The Bertz CT molecular complexity index is 879. The van der Waals surface area contributed by atoms with E-state index in [9.17, 15) is 0 Å². The third-order valence-corrected chi connectivity index (χ3v) is 4.17. The maximum atomic E-state index is 8.80. The summed E-state index contributed by atoms with van der Waals surface area (Å²) >= 11 is 5.22. The Kier molecular flexibility index (Phi) is 8.94. The summed E-state index contributed by atoms with van der Waals surface area (Å²) < 4.78 is 5.12. The predicted molar refractivity (Wildman–Crippen MR) is 119 cm³/mol. The Morgan fingerprint density at radius 1 is 1.07 bits per heavy atom. The van der Waals surface area contributed by atoms with Gasteiger partial charge in [0.05, 0.1) is 38.3 Å². The Morgan fingerprint density at radius 2 is 1.69 bits per heavy atom. The molecule has 0 saturated heterocycles. The summed E-state index contributed by atoms with van der Waals surface area (Å²) in [5, 5.41) is 25.2. The average Bonchev–Trinajstić information content (AvgIpc) is 2.75. The van der Waals surface area contributed by atoms with E-state index in [4.69, 9.17) is 27.5 Å². The van der Waals surface area contributed by atoms with Gasteiger partial charge in [0.25, 0.3) is 0 Å². The lowest BCUT2D eigenvalue weighted by atomic mass is 10.2. The van der Waals surface area contributed by atoms with Crippen molar-refractivity contribution in [2.24, 2.45) is 5.10 Å². The van der Waals surface area contributed by atoms with E-state index < -0.39 is 0 Å². The van der Waals surface area contributed by atoms with Crippen LogP contribution in [0.1, 0.15) is 18.4 Å². The summed E-state index contributed by atoms with van der Waals surface area (Å²) in [7, 11) is 1.62. The fourth-order valence-electron chi connectivity index (χ4n) is 2.51. The molecule has 0 amide bonds. The highest BCUT2D eigenvalue weighted by Crippen LogP contribution is 2.16. The van der Waals surface area contributed by atoms with E-state index in [-0.39, 0.29) is 0 Å².